The molecule has 0 amide bonds. The molecule has 0 radical (unpaired) electrons. The molecule has 1 aromatic heterocycles. The number of aromatic nitrogens is 2. The molecule has 0 aliphatic rings. The van der Waals surface area contributed by atoms with Crippen molar-refractivity contribution >= 4 is 5.97 Å². The zero-order valence-electron chi connectivity index (χ0n) is 10.9. The summed E-state index contributed by atoms with van der Waals surface area (Å²) in [6.07, 6.45) is 3.33. The van der Waals surface area contributed by atoms with Crippen LogP contribution < -0.4 is 0 Å². The van der Waals surface area contributed by atoms with E-state index >= 15 is 0 Å². The SMILES string of the molecule is COCc1cccc(-n2cc(C(C)C(=O)O)cn2)c1. The average Bonchev–Trinajstić information content (AvgIpc) is 2.88. The molecule has 2 aromatic rings. The predicted octanol–water partition coefficient (Wildman–Crippen LogP) is 2.21. The zero-order chi connectivity index (χ0) is 13.8. The summed E-state index contributed by atoms with van der Waals surface area (Å²) in [5.41, 5.74) is 2.62. The summed E-state index contributed by atoms with van der Waals surface area (Å²) in [5.74, 6) is -1.41. The Balaban J connectivity index is 2.27. The normalized spacial score (nSPS) is 12.3. The lowest BCUT2D eigenvalue weighted by Crippen LogP contribution is -2.06. The van der Waals surface area contributed by atoms with Crippen LogP contribution in [0.1, 0.15) is 24.0 Å². The second-order valence-corrected chi connectivity index (χ2v) is 4.38. The molecule has 0 spiro atoms. The fourth-order valence-corrected chi connectivity index (χ4v) is 1.80. The van der Waals surface area contributed by atoms with Gasteiger partial charge in [0.2, 0.25) is 0 Å². The van der Waals surface area contributed by atoms with Gasteiger partial charge in [-0.05, 0) is 24.6 Å². The molecule has 2 rings (SSSR count). The second kappa shape index (κ2) is 5.67. The molecule has 19 heavy (non-hydrogen) atoms. The van der Waals surface area contributed by atoms with Crippen molar-refractivity contribution in [2.24, 2.45) is 0 Å². The molecular weight excluding hydrogens is 244 g/mol. The Morgan fingerprint density at radius 1 is 1.53 bits per heavy atom. The topological polar surface area (TPSA) is 64.3 Å². The van der Waals surface area contributed by atoms with Crippen LogP contribution in [0, 0.1) is 0 Å². The van der Waals surface area contributed by atoms with E-state index in [-0.39, 0.29) is 0 Å². The van der Waals surface area contributed by atoms with Crippen LogP contribution in [0.5, 0.6) is 0 Å². The van der Waals surface area contributed by atoms with Crippen LogP contribution in [-0.2, 0) is 16.1 Å². The number of nitrogens with zero attached hydrogens (tertiary/aromatic N) is 2. The third-order valence-corrected chi connectivity index (χ3v) is 2.96. The predicted molar refractivity (Wildman–Crippen MR) is 70.3 cm³/mol. The number of aliphatic carboxylic acids is 1. The summed E-state index contributed by atoms with van der Waals surface area (Å²) in [5, 5.41) is 13.2. The van der Waals surface area contributed by atoms with Gasteiger partial charge in [0.25, 0.3) is 0 Å². The van der Waals surface area contributed by atoms with Crippen molar-refractivity contribution in [1.29, 1.82) is 0 Å². The smallest absolute Gasteiger partial charge is 0.310 e. The fraction of sp³-hybridized carbons (Fsp3) is 0.286. The van der Waals surface area contributed by atoms with Gasteiger partial charge >= 0.3 is 5.97 Å². The van der Waals surface area contributed by atoms with Gasteiger partial charge in [-0.1, -0.05) is 12.1 Å². The highest BCUT2D eigenvalue weighted by Crippen LogP contribution is 2.17. The molecule has 1 N–H and O–H groups in total. The van der Waals surface area contributed by atoms with Crippen LogP contribution in [0.3, 0.4) is 0 Å². The van der Waals surface area contributed by atoms with E-state index in [0.717, 1.165) is 11.3 Å². The molecule has 0 aliphatic heterocycles. The first-order valence-electron chi connectivity index (χ1n) is 5.97. The maximum absolute atomic E-state index is 10.9. The summed E-state index contributed by atoms with van der Waals surface area (Å²) < 4.78 is 6.76. The summed E-state index contributed by atoms with van der Waals surface area (Å²) in [6, 6.07) is 7.77. The lowest BCUT2D eigenvalue weighted by Gasteiger charge is -2.05. The fourth-order valence-electron chi connectivity index (χ4n) is 1.80. The number of benzene rings is 1. The van der Waals surface area contributed by atoms with Crippen molar-refractivity contribution in [2.75, 3.05) is 7.11 Å². The Hall–Kier alpha value is -2.14. The number of hydrogen-bond donors (Lipinski definition) is 1. The molecule has 100 valence electrons. The van der Waals surface area contributed by atoms with E-state index in [1.54, 1.807) is 31.1 Å². The Bertz CT molecular complexity index is 578. The number of carboxylic acids is 1. The summed E-state index contributed by atoms with van der Waals surface area (Å²) in [4.78, 5) is 10.9. The third kappa shape index (κ3) is 3.00. The molecular formula is C14H16N2O3. The lowest BCUT2D eigenvalue weighted by molar-refractivity contribution is -0.138. The molecule has 0 bridgehead atoms. The van der Waals surface area contributed by atoms with Gasteiger partial charge in [-0.25, -0.2) is 4.68 Å². The van der Waals surface area contributed by atoms with Crippen molar-refractivity contribution in [1.82, 2.24) is 9.78 Å². The lowest BCUT2D eigenvalue weighted by atomic mass is 10.1. The first kappa shape index (κ1) is 13.3. The number of methoxy groups -OCH3 is 1. The van der Waals surface area contributed by atoms with Crippen LogP contribution in [0.25, 0.3) is 5.69 Å². The minimum atomic E-state index is -0.854. The van der Waals surface area contributed by atoms with Gasteiger partial charge in [-0.15, -0.1) is 0 Å². The molecule has 1 heterocycles. The Morgan fingerprint density at radius 3 is 3.00 bits per heavy atom. The minimum absolute atomic E-state index is 0.535. The van der Waals surface area contributed by atoms with Gasteiger partial charge in [-0.3, -0.25) is 4.79 Å². The van der Waals surface area contributed by atoms with E-state index in [2.05, 4.69) is 5.10 Å². The van der Waals surface area contributed by atoms with Crippen LogP contribution in [-0.4, -0.2) is 28.0 Å². The van der Waals surface area contributed by atoms with E-state index in [0.29, 0.717) is 12.2 Å². The van der Waals surface area contributed by atoms with E-state index < -0.39 is 11.9 Å². The van der Waals surface area contributed by atoms with E-state index in [1.807, 2.05) is 24.3 Å². The molecule has 0 fully saturated rings. The summed E-state index contributed by atoms with van der Waals surface area (Å²) in [6.45, 7) is 2.18. The first-order valence-corrected chi connectivity index (χ1v) is 5.97. The highest BCUT2D eigenvalue weighted by molar-refractivity contribution is 5.75. The second-order valence-electron chi connectivity index (χ2n) is 4.38. The van der Waals surface area contributed by atoms with E-state index in [4.69, 9.17) is 9.84 Å². The molecule has 0 saturated carbocycles. The molecule has 0 saturated heterocycles. The molecule has 5 heteroatoms. The van der Waals surface area contributed by atoms with E-state index in [1.165, 1.54) is 0 Å². The minimum Gasteiger partial charge on any atom is -0.481 e. The van der Waals surface area contributed by atoms with Crippen molar-refractivity contribution in [3.8, 4) is 5.69 Å². The molecule has 1 atom stereocenters. The van der Waals surface area contributed by atoms with Crippen LogP contribution >= 0.6 is 0 Å². The van der Waals surface area contributed by atoms with Crippen molar-refractivity contribution in [3.63, 3.8) is 0 Å². The molecule has 5 nitrogen and oxygen atoms in total. The van der Waals surface area contributed by atoms with Gasteiger partial charge in [0, 0.05) is 18.9 Å². The molecule has 0 aliphatic carbocycles. The number of carboxylic acid groups (broad SMARTS) is 1. The molecule has 1 aromatic carbocycles. The monoisotopic (exact) mass is 260 g/mol. The van der Waals surface area contributed by atoms with Crippen molar-refractivity contribution < 1.29 is 14.6 Å². The largest absolute Gasteiger partial charge is 0.481 e. The number of hydrogen-bond acceptors (Lipinski definition) is 3. The number of rotatable bonds is 5. The highest BCUT2D eigenvalue weighted by atomic mass is 16.5. The van der Waals surface area contributed by atoms with Gasteiger partial charge in [0.1, 0.15) is 0 Å². The Kier molecular flexibility index (Phi) is 3.97. The van der Waals surface area contributed by atoms with Crippen molar-refractivity contribution in [3.05, 3.63) is 47.8 Å². The van der Waals surface area contributed by atoms with Gasteiger partial charge in [0.05, 0.1) is 24.4 Å². The maximum atomic E-state index is 10.9. The molecule has 1 unspecified atom stereocenters. The van der Waals surface area contributed by atoms with Crippen molar-refractivity contribution in [2.45, 2.75) is 19.4 Å². The maximum Gasteiger partial charge on any atom is 0.310 e. The number of ether oxygens (including phenoxy) is 1. The quantitative estimate of drug-likeness (QED) is 0.895. The number of carbonyl (C=O) groups is 1. The standard InChI is InChI=1S/C14H16N2O3/c1-10(14(17)18)12-7-15-16(8-12)13-5-3-4-11(6-13)9-19-2/h3-8,10H,9H2,1-2H3,(H,17,18). The van der Waals surface area contributed by atoms with Gasteiger partial charge < -0.3 is 9.84 Å². The third-order valence-electron chi connectivity index (χ3n) is 2.96. The van der Waals surface area contributed by atoms with Crippen LogP contribution in [0.15, 0.2) is 36.7 Å². The van der Waals surface area contributed by atoms with Crippen LogP contribution in [0.4, 0.5) is 0 Å². The van der Waals surface area contributed by atoms with Gasteiger partial charge in [-0.2, -0.15) is 5.10 Å². The first-order chi connectivity index (χ1) is 9.11. The van der Waals surface area contributed by atoms with E-state index in [9.17, 15) is 4.79 Å². The van der Waals surface area contributed by atoms with Crippen LogP contribution in [0.2, 0.25) is 0 Å². The Labute approximate surface area is 111 Å². The summed E-state index contributed by atoms with van der Waals surface area (Å²) in [7, 11) is 1.65. The Morgan fingerprint density at radius 2 is 2.32 bits per heavy atom. The van der Waals surface area contributed by atoms with Gasteiger partial charge in [0.15, 0.2) is 0 Å². The summed E-state index contributed by atoms with van der Waals surface area (Å²) >= 11 is 0. The zero-order valence-corrected chi connectivity index (χ0v) is 10.9. The average molecular weight is 260 g/mol. The highest BCUT2D eigenvalue weighted by Gasteiger charge is 2.15.